The minimum absolute atomic E-state index is 0.251. The molecule has 116 valence electrons. The number of ether oxygens (including phenoxy) is 2. The molecular weight excluding hydrogens is 360 g/mol. The van der Waals surface area contributed by atoms with Crippen molar-refractivity contribution >= 4 is 33.9 Å². The molecule has 1 aliphatic rings. The molecule has 1 aliphatic heterocycles. The highest BCUT2D eigenvalue weighted by molar-refractivity contribution is 9.10. The van der Waals surface area contributed by atoms with Gasteiger partial charge in [-0.3, -0.25) is 4.98 Å². The predicted molar refractivity (Wildman–Crippen MR) is 90.2 cm³/mol. The van der Waals surface area contributed by atoms with Gasteiger partial charge in [0.15, 0.2) is 5.70 Å². The first-order valence-corrected chi connectivity index (χ1v) is 7.81. The van der Waals surface area contributed by atoms with Crippen LogP contribution in [0.25, 0.3) is 6.08 Å². The van der Waals surface area contributed by atoms with Gasteiger partial charge in [-0.2, -0.15) is 0 Å². The molecule has 23 heavy (non-hydrogen) atoms. The summed E-state index contributed by atoms with van der Waals surface area (Å²) in [5.41, 5.74) is 1.74. The number of nitrogens with zero attached hydrogens (tertiary/aromatic N) is 2. The number of benzene rings is 1. The molecule has 6 heteroatoms. The summed E-state index contributed by atoms with van der Waals surface area (Å²) in [4.78, 5) is 20.2. The van der Waals surface area contributed by atoms with E-state index in [1.807, 2.05) is 31.2 Å². The maximum Gasteiger partial charge on any atom is 0.363 e. The zero-order valence-electron chi connectivity index (χ0n) is 12.3. The highest BCUT2D eigenvalue weighted by atomic mass is 79.9. The number of hydrogen-bond donors (Lipinski definition) is 0. The summed E-state index contributed by atoms with van der Waals surface area (Å²) in [5.74, 6) is 0.558. The van der Waals surface area contributed by atoms with E-state index in [2.05, 4.69) is 25.9 Å². The molecular formula is C17H13BrN2O3. The number of esters is 1. The average Bonchev–Trinajstić information content (AvgIpc) is 2.91. The molecule has 0 atom stereocenters. The van der Waals surface area contributed by atoms with E-state index in [4.69, 9.17) is 9.47 Å². The molecule has 5 nitrogen and oxygen atoms in total. The lowest BCUT2D eigenvalue weighted by Crippen LogP contribution is -2.05. The van der Waals surface area contributed by atoms with Gasteiger partial charge in [0.1, 0.15) is 5.75 Å². The minimum Gasteiger partial charge on any atom is -0.494 e. The Labute approximate surface area is 141 Å². The molecule has 0 fully saturated rings. The van der Waals surface area contributed by atoms with Gasteiger partial charge < -0.3 is 9.47 Å². The molecule has 0 N–H and O–H groups in total. The van der Waals surface area contributed by atoms with Crippen molar-refractivity contribution in [1.82, 2.24) is 4.98 Å². The van der Waals surface area contributed by atoms with Crippen LogP contribution in [0.4, 0.5) is 0 Å². The molecule has 0 amide bonds. The Bertz CT molecular complexity index is 798. The molecule has 0 spiro atoms. The van der Waals surface area contributed by atoms with Crippen molar-refractivity contribution in [2.45, 2.75) is 6.92 Å². The van der Waals surface area contributed by atoms with Crippen molar-refractivity contribution in [3.8, 4) is 5.75 Å². The Morgan fingerprint density at radius 3 is 2.74 bits per heavy atom. The van der Waals surface area contributed by atoms with Gasteiger partial charge in [-0.05, 0) is 52.7 Å². The van der Waals surface area contributed by atoms with Crippen LogP contribution in [0.1, 0.15) is 18.1 Å². The van der Waals surface area contributed by atoms with Crippen molar-refractivity contribution in [2.75, 3.05) is 6.61 Å². The molecule has 1 aromatic heterocycles. The lowest BCUT2D eigenvalue weighted by Gasteiger charge is -2.02. The van der Waals surface area contributed by atoms with E-state index in [1.165, 1.54) is 0 Å². The summed E-state index contributed by atoms with van der Waals surface area (Å²) < 4.78 is 11.4. The molecule has 0 saturated carbocycles. The standard InChI is InChI=1S/C17H13BrN2O3/c1-2-22-14-5-3-11(4-6-14)7-15-17(21)23-16(20-15)12-8-13(18)10-19-9-12/h3-10H,2H2,1H3. The number of pyridine rings is 1. The number of carbonyl (C=O) groups is 1. The maximum absolute atomic E-state index is 12.0. The van der Waals surface area contributed by atoms with E-state index >= 15 is 0 Å². The quantitative estimate of drug-likeness (QED) is 0.607. The molecule has 1 aromatic carbocycles. The fourth-order valence-electron chi connectivity index (χ4n) is 2.05. The smallest absolute Gasteiger partial charge is 0.363 e. The van der Waals surface area contributed by atoms with E-state index in [0.717, 1.165) is 15.8 Å². The van der Waals surface area contributed by atoms with Crippen LogP contribution in [0.2, 0.25) is 0 Å². The van der Waals surface area contributed by atoms with Crippen molar-refractivity contribution in [1.29, 1.82) is 0 Å². The van der Waals surface area contributed by atoms with Gasteiger partial charge in [0, 0.05) is 16.9 Å². The summed E-state index contributed by atoms with van der Waals surface area (Å²) in [6.45, 7) is 2.54. The lowest BCUT2D eigenvalue weighted by molar-refractivity contribution is -0.129. The second-order valence-electron chi connectivity index (χ2n) is 4.73. The number of cyclic esters (lactones) is 1. The zero-order chi connectivity index (χ0) is 16.2. The van der Waals surface area contributed by atoms with E-state index in [-0.39, 0.29) is 11.6 Å². The Kier molecular flexibility index (Phi) is 4.52. The van der Waals surface area contributed by atoms with E-state index < -0.39 is 5.97 Å². The third kappa shape index (κ3) is 3.65. The van der Waals surface area contributed by atoms with Crippen molar-refractivity contribution < 1.29 is 14.3 Å². The largest absolute Gasteiger partial charge is 0.494 e. The Hall–Kier alpha value is -2.47. The van der Waals surface area contributed by atoms with Crippen LogP contribution >= 0.6 is 15.9 Å². The molecule has 0 bridgehead atoms. The first-order valence-electron chi connectivity index (χ1n) is 7.02. The first-order chi connectivity index (χ1) is 11.2. The summed E-state index contributed by atoms with van der Waals surface area (Å²) >= 11 is 3.33. The van der Waals surface area contributed by atoms with Crippen LogP contribution in [-0.2, 0) is 9.53 Å². The fraction of sp³-hybridized carbons (Fsp3) is 0.118. The number of aromatic nitrogens is 1. The van der Waals surface area contributed by atoms with Gasteiger partial charge in [-0.15, -0.1) is 0 Å². The van der Waals surface area contributed by atoms with E-state index in [1.54, 1.807) is 24.5 Å². The molecule has 3 rings (SSSR count). The van der Waals surface area contributed by atoms with Crippen molar-refractivity contribution in [3.63, 3.8) is 0 Å². The number of hydrogen-bond acceptors (Lipinski definition) is 5. The highest BCUT2D eigenvalue weighted by Gasteiger charge is 2.24. The first kappa shape index (κ1) is 15.4. The molecule has 0 saturated heterocycles. The normalized spacial score (nSPS) is 15.5. The van der Waals surface area contributed by atoms with E-state index in [0.29, 0.717) is 12.2 Å². The van der Waals surface area contributed by atoms with Gasteiger partial charge >= 0.3 is 5.97 Å². The van der Waals surface area contributed by atoms with Crippen LogP contribution < -0.4 is 4.74 Å². The summed E-state index contributed by atoms with van der Waals surface area (Å²) in [5, 5.41) is 0. The highest BCUT2D eigenvalue weighted by Crippen LogP contribution is 2.21. The third-order valence-corrected chi connectivity index (χ3v) is 3.50. The lowest BCUT2D eigenvalue weighted by atomic mass is 10.2. The van der Waals surface area contributed by atoms with Crippen molar-refractivity contribution in [2.24, 2.45) is 4.99 Å². The summed E-state index contributed by atoms with van der Waals surface area (Å²) in [6.07, 6.45) is 4.92. The Morgan fingerprint density at radius 2 is 2.04 bits per heavy atom. The van der Waals surface area contributed by atoms with Crippen LogP contribution in [0.5, 0.6) is 5.75 Å². The molecule has 0 radical (unpaired) electrons. The topological polar surface area (TPSA) is 60.8 Å². The monoisotopic (exact) mass is 372 g/mol. The molecule has 2 heterocycles. The second kappa shape index (κ2) is 6.75. The predicted octanol–water partition coefficient (Wildman–Crippen LogP) is 3.59. The number of aliphatic imine (C=N–C) groups is 1. The minimum atomic E-state index is -0.478. The maximum atomic E-state index is 12.0. The van der Waals surface area contributed by atoms with Crippen LogP contribution in [0.15, 0.2) is 57.9 Å². The second-order valence-corrected chi connectivity index (χ2v) is 5.65. The summed E-state index contributed by atoms with van der Waals surface area (Å²) in [7, 11) is 0. The van der Waals surface area contributed by atoms with Gasteiger partial charge in [0.2, 0.25) is 5.90 Å². The fourth-order valence-corrected chi connectivity index (χ4v) is 2.41. The van der Waals surface area contributed by atoms with Crippen molar-refractivity contribution in [3.05, 3.63) is 64.0 Å². The van der Waals surface area contributed by atoms with Gasteiger partial charge in [-0.25, -0.2) is 9.79 Å². The van der Waals surface area contributed by atoms with Gasteiger partial charge in [0.25, 0.3) is 0 Å². The molecule has 0 unspecified atom stereocenters. The number of rotatable bonds is 4. The average molecular weight is 373 g/mol. The number of carbonyl (C=O) groups excluding carboxylic acids is 1. The van der Waals surface area contributed by atoms with Crippen LogP contribution in [0, 0.1) is 0 Å². The molecule has 2 aromatic rings. The number of halogens is 1. The van der Waals surface area contributed by atoms with Crippen LogP contribution in [-0.4, -0.2) is 23.5 Å². The van der Waals surface area contributed by atoms with Crippen LogP contribution in [0.3, 0.4) is 0 Å². The summed E-state index contributed by atoms with van der Waals surface area (Å²) in [6, 6.07) is 9.20. The van der Waals surface area contributed by atoms with Gasteiger partial charge in [0.05, 0.1) is 12.2 Å². The zero-order valence-corrected chi connectivity index (χ0v) is 13.9. The van der Waals surface area contributed by atoms with Gasteiger partial charge in [-0.1, -0.05) is 12.1 Å². The Balaban J connectivity index is 1.85. The van der Waals surface area contributed by atoms with E-state index in [9.17, 15) is 4.79 Å². The Morgan fingerprint density at radius 1 is 1.26 bits per heavy atom. The third-order valence-electron chi connectivity index (χ3n) is 3.07. The molecule has 0 aliphatic carbocycles. The SMILES string of the molecule is CCOc1ccc(C=C2N=C(c3cncc(Br)c3)OC2=O)cc1.